The summed E-state index contributed by atoms with van der Waals surface area (Å²) in [6, 6.07) is 5.05. The van der Waals surface area contributed by atoms with Crippen molar-refractivity contribution in [2.75, 3.05) is 6.26 Å². The van der Waals surface area contributed by atoms with Gasteiger partial charge >= 0.3 is 0 Å². The lowest BCUT2D eigenvalue weighted by atomic mass is 10.3. The molecule has 92 valence electrons. The van der Waals surface area contributed by atoms with Crippen molar-refractivity contribution < 1.29 is 30.0 Å². The van der Waals surface area contributed by atoms with Gasteiger partial charge < -0.3 is 17.0 Å². The van der Waals surface area contributed by atoms with E-state index >= 15 is 0 Å². The summed E-state index contributed by atoms with van der Waals surface area (Å²) in [5.74, 6) is 0. The smallest absolute Gasteiger partial charge is 0.175 e. The highest BCUT2D eigenvalue weighted by atomic mass is 79.9. The first-order valence-electron chi connectivity index (χ1n) is 4.68. The van der Waals surface area contributed by atoms with Crippen LogP contribution in [0.25, 0.3) is 0 Å². The average molecular weight is 317 g/mol. The van der Waals surface area contributed by atoms with Crippen LogP contribution >= 0.6 is 0 Å². The summed E-state index contributed by atoms with van der Waals surface area (Å²) in [5, 5.41) is 8.45. The molecule has 1 heterocycles. The topological polar surface area (TPSA) is 61.8 Å². The maximum atomic E-state index is 11.2. The highest BCUT2D eigenvalue weighted by molar-refractivity contribution is 7.90. The fraction of sp³-hybridized carbons (Fsp3) is 0.273. The third kappa shape index (κ3) is 5.11. The minimum Gasteiger partial charge on any atom is -1.00 e. The molecule has 0 spiro atoms. The predicted octanol–water partition coefficient (Wildman–Crippen LogP) is -2.15. The number of rotatable bonds is 3. The van der Waals surface area contributed by atoms with Crippen LogP contribution in [0, 0.1) is 11.3 Å². The van der Waals surface area contributed by atoms with E-state index in [1.54, 1.807) is 24.5 Å². The molecule has 0 bridgehead atoms. The van der Waals surface area contributed by atoms with E-state index in [4.69, 9.17) is 5.26 Å². The van der Waals surface area contributed by atoms with Crippen LogP contribution in [0.2, 0.25) is 0 Å². The molecular formula is C11H13BrN2O2S. The number of pyridine rings is 1. The molecule has 0 aromatic carbocycles. The van der Waals surface area contributed by atoms with Gasteiger partial charge in [-0.2, -0.15) is 5.26 Å². The quantitative estimate of drug-likeness (QED) is 0.472. The lowest BCUT2D eigenvalue weighted by Crippen LogP contribution is -3.00. The van der Waals surface area contributed by atoms with Crippen molar-refractivity contribution in [1.82, 2.24) is 0 Å². The number of sulfone groups is 1. The molecule has 0 saturated carbocycles. The van der Waals surface area contributed by atoms with Gasteiger partial charge in [0, 0.05) is 30.0 Å². The van der Waals surface area contributed by atoms with Crippen LogP contribution in [0.15, 0.2) is 41.1 Å². The van der Waals surface area contributed by atoms with Gasteiger partial charge in [-0.25, -0.2) is 13.0 Å². The zero-order valence-electron chi connectivity index (χ0n) is 9.59. The van der Waals surface area contributed by atoms with Crippen LogP contribution < -0.4 is 21.5 Å². The van der Waals surface area contributed by atoms with Crippen LogP contribution in [0.1, 0.15) is 6.92 Å². The van der Waals surface area contributed by atoms with Crippen molar-refractivity contribution in [3.8, 4) is 6.07 Å². The Balaban J connectivity index is 0.00000256. The molecule has 0 radical (unpaired) electrons. The number of allylic oxidation sites excluding steroid dienone is 2. The number of halogens is 1. The first-order chi connectivity index (χ1) is 7.43. The van der Waals surface area contributed by atoms with Gasteiger partial charge in [0.05, 0.1) is 11.0 Å². The summed E-state index contributed by atoms with van der Waals surface area (Å²) in [6.45, 7) is 2.43. The third-order valence-electron chi connectivity index (χ3n) is 2.03. The molecule has 0 unspecified atom stereocenters. The molecule has 0 N–H and O–H groups in total. The molecule has 1 aromatic rings. The summed E-state index contributed by atoms with van der Waals surface area (Å²) >= 11 is 0. The Hall–Kier alpha value is -1.19. The standard InChI is InChI=1S/C11H13N2O2S.BrH/c1-10(3-6-12)9-13-7-4-11(5-8-13)16(2,14)15;/h3-5,7-8H,9H2,1-2H3;1H/q+1;/p-1. The van der Waals surface area contributed by atoms with E-state index in [1.165, 1.54) is 12.3 Å². The second kappa shape index (κ2) is 6.52. The van der Waals surface area contributed by atoms with E-state index in [2.05, 4.69) is 0 Å². The number of aromatic nitrogens is 1. The molecule has 0 amide bonds. The average Bonchev–Trinajstić information content (AvgIpc) is 2.17. The molecule has 0 aliphatic carbocycles. The SMILES string of the molecule is CC(=CC#N)C[n+]1ccc(S(C)(=O)=O)cc1.[Br-]. The summed E-state index contributed by atoms with van der Waals surface area (Å²) in [5.41, 5.74) is 0.916. The first-order valence-corrected chi connectivity index (χ1v) is 6.57. The van der Waals surface area contributed by atoms with Crippen molar-refractivity contribution in [3.05, 3.63) is 36.2 Å². The molecule has 0 atom stereocenters. The van der Waals surface area contributed by atoms with E-state index < -0.39 is 9.84 Å². The number of hydrogen-bond acceptors (Lipinski definition) is 3. The van der Waals surface area contributed by atoms with Crippen molar-refractivity contribution >= 4 is 9.84 Å². The highest BCUT2D eigenvalue weighted by Gasteiger charge is 2.09. The predicted molar refractivity (Wildman–Crippen MR) is 59.1 cm³/mol. The molecule has 0 aliphatic rings. The Morgan fingerprint density at radius 3 is 2.41 bits per heavy atom. The summed E-state index contributed by atoms with van der Waals surface area (Å²) in [7, 11) is -3.14. The van der Waals surface area contributed by atoms with E-state index in [9.17, 15) is 8.42 Å². The van der Waals surface area contributed by atoms with Crippen molar-refractivity contribution in [1.29, 1.82) is 5.26 Å². The van der Waals surface area contributed by atoms with E-state index in [0.717, 1.165) is 5.57 Å². The van der Waals surface area contributed by atoms with Gasteiger partial charge in [-0.3, -0.25) is 0 Å². The van der Waals surface area contributed by atoms with Gasteiger partial charge in [-0.05, 0) is 6.92 Å². The van der Waals surface area contributed by atoms with Crippen LogP contribution in [-0.4, -0.2) is 14.7 Å². The van der Waals surface area contributed by atoms with Gasteiger partial charge in [0.2, 0.25) is 0 Å². The molecule has 17 heavy (non-hydrogen) atoms. The molecule has 1 aromatic heterocycles. The van der Waals surface area contributed by atoms with Crippen LogP contribution in [0.5, 0.6) is 0 Å². The first kappa shape index (κ1) is 15.8. The second-order valence-corrected chi connectivity index (χ2v) is 5.61. The van der Waals surface area contributed by atoms with Crippen molar-refractivity contribution in [2.24, 2.45) is 0 Å². The molecule has 0 aliphatic heterocycles. The van der Waals surface area contributed by atoms with Crippen molar-refractivity contribution in [2.45, 2.75) is 18.4 Å². The third-order valence-corrected chi connectivity index (χ3v) is 3.16. The van der Waals surface area contributed by atoms with Crippen molar-refractivity contribution in [3.63, 3.8) is 0 Å². The normalized spacial score (nSPS) is 11.5. The molecule has 0 fully saturated rings. The largest absolute Gasteiger partial charge is 1.00 e. The molecule has 1 rings (SSSR count). The Morgan fingerprint density at radius 2 is 2.00 bits per heavy atom. The number of hydrogen-bond donors (Lipinski definition) is 0. The molecule has 0 saturated heterocycles. The van der Waals surface area contributed by atoms with Gasteiger partial charge in [-0.15, -0.1) is 0 Å². The lowest BCUT2D eigenvalue weighted by molar-refractivity contribution is -0.689. The van der Waals surface area contributed by atoms with Crippen LogP contribution in [0.4, 0.5) is 0 Å². The maximum Gasteiger partial charge on any atom is 0.175 e. The Bertz CT molecular complexity index is 542. The summed E-state index contributed by atoms with van der Waals surface area (Å²) in [4.78, 5) is 0.297. The molecule has 4 nitrogen and oxygen atoms in total. The lowest BCUT2D eigenvalue weighted by Gasteiger charge is -1.98. The highest BCUT2D eigenvalue weighted by Crippen LogP contribution is 2.04. The van der Waals surface area contributed by atoms with Gasteiger partial charge in [0.25, 0.3) is 0 Å². The monoisotopic (exact) mass is 316 g/mol. The van der Waals surface area contributed by atoms with Gasteiger partial charge in [-0.1, -0.05) is 0 Å². The minimum atomic E-state index is -3.14. The summed E-state index contributed by atoms with van der Waals surface area (Å²) in [6.07, 6.45) is 6.02. The van der Waals surface area contributed by atoms with E-state index in [0.29, 0.717) is 11.4 Å². The number of nitriles is 1. The van der Waals surface area contributed by atoms with E-state index in [-0.39, 0.29) is 17.0 Å². The fourth-order valence-corrected chi connectivity index (χ4v) is 1.86. The Morgan fingerprint density at radius 1 is 1.47 bits per heavy atom. The fourth-order valence-electron chi connectivity index (χ4n) is 1.24. The van der Waals surface area contributed by atoms with Crippen LogP contribution in [-0.2, 0) is 16.4 Å². The minimum absolute atomic E-state index is 0. The number of nitrogens with zero attached hydrogens (tertiary/aromatic N) is 2. The molecule has 6 heteroatoms. The second-order valence-electron chi connectivity index (χ2n) is 3.60. The van der Waals surface area contributed by atoms with Gasteiger partial charge in [0.1, 0.15) is 0 Å². The van der Waals surface area contributed by atoms with Gasteiger partial charge in [0.15, 0.2) is 28.8 Å². The van der Waals surface area contributed by atoms with Crippen LogP contribution in [0.3, 0.4) is 0 Å². The van der Waals surface area contributed by atoms with E-state index in [1.807, 2.05) is 17.6 Å². The zero-order chi connectivity index (χ0) is 12.2. The zero-order valence-corrected chi connectivity index (χ0v) is 12.0. The summed E-state index contributed by atoms with van der Waals surface area (Å²) < 4.78 is 24.2. The Labute approximate surface area is 112 Å². The maximum absolute atomic E-state index is 11.2. The Kier molecular flexibility index (Phi) is 6.07. The molecular weight excluding hydrogens is 304 g/mol.